The van der Waals surface area contributed by atoms with E-state index in [4.69, 9.17) is 16.6 Å². The maximum absolute atomic E-state index is 13.2. The van der Waals surface area contributed by atoms with Gasteiger partial charge >= 0.3 is 0 Å². The van der Waals surface area contributed by atoms with Crippen LogP contribution in [-0.4, -0.2) is 19.1 Å². The van der Waals surface area contributed by atoms with E-state index in [-0.39, 0.29) is 5.56 Å². The first kappa shape index (κ1) is 18.4. The standard InChI is InChI=1S/C18H13ClN4OS3/c1-2-8-23-17(24)14-12(11-6-4-3-5-7-11)9-25-16(14)20-18(23)26-10-13-15(19)27-22-21-13/h2-7,9H,1,8,10H2. The summed E-state index contributed by atoms with van der Waals surface area (Å²) >= 11 is 10.1. The maximum atomic E-state index is 13.2. The van der Waals surface area contributed by atoms with Gasteiger partial charge in [0.05, 0.1) is 5.39 Å². The average molecular weight is 433 g/mol. The average Bonchev–Trinajstić information content (AvgIpc) is 3.29. The van der Waals surface area contributed by atoms with Crippen molar-refractivity contribution in [2.45, 2.75) is 17.5 Å². The summed E-state index contributed by atoms with van der Waals surface area (Å²) in [6, 6.07) is 9.88. The lowest BCUT2D eigenvalue weighted by molar-refractivity contribution is 0.673. The van der Waals surface area contributed by atoms with E-state index in [0.717, 1.165) is 27.5 Å². The largest absolute Gasteiger partial charge is 0.283 e. The molecule has 3 aromatic heterocycles. The number of halogens is 1. The number of hydrogen-bond donors (Lipinski definition) is 0. The minimum atomic E-state index is -0.0648. The van der Waals surface area contributed by atoms with Crippen LogP contribution in [0, 0.1) is 0 Å². The molecule has 0 aliphatic carbocycles. The number of hydrogen-bond acceptors (Lipinski definition) is 7. The van der Waals surface area contributed by atoms with Crippen LogP contribution in [0.25, 0.3) is 21.3 Å². The van der Waals surface area contributed by atoms with Crippen LogP contribution in [0.2, 0.25) is 4.34 Å². The van der Waals surface area contributed by atoms with E-state index in [1.807, 2.05) is 35.7 Å². The van der Waals surface area contributed by atoms with Crippen molar-refractivity contribution in [2.75, 3.05) is 0 Å². The van der Waals surface area contributed by atoms with Crippen molar-refractivity contribution >= 4 is 56.4 Å². The topological polar surface area (TPSA) is 60.7 Å². The summed E-state index contributed by atoms with van der Waals surface area (Å²) in [5, 5.41) is 7.27. The highest BCUT2D eigenvalue weighted by Crippen LogP contribution is 2.33. The van der Waals surface area contributed by atoms with Crippen molar-refractivity contribution < 1.29 is 0 Å². The third-order valence-electron chi connectivity index (χ3n) is 3.90. The Morgan fingerprint density at radius 3 is 2.81 bits per heavy atom. The summed E-state index contributed by atoms with van der Waals surface area (Å²) in [5.74, 6) is 0.501. The van der Waals surface area contributed by atoms with Crippen LogP contribution in [0.1, 0.15) is 5.69 Å². The van der Waals surface area contributed by atoms with Gasteiger partial charge in [-0.3, -0.25) is 9.36 Å². The number of nitrogens with zero attached hydrogens (tertiary/aromatic N) is 4. The fraction of sp³-hybridized carbons (Fsp3) is 0.111. The number of benzene rings is 1. The van der Waals surface area contributed by atoms with Crippen molar-refractivity contribution in [3.8, 4) is 11.1 Å². The molecule has 5 nitrogen and oxygen atoms in total. The molecule has 0 aliphatic rings. The van der Waals surface area contributed by atoms with Gasteiger partial charge in [0.25, 0.3) is 5.56 Å². The van der Waals surface area contributed by atoms with Crippen molar-refractivity contribution in [3.05, 3.63) is 68.8 Å². The molecule has 0 amide bonds. The summed E-state index contributed by atoms with van der Waals surface area (Å²) in [4.78, 5) is 18.7. The Morgan fingerprint density at radius 1 is 1.30 bits per heavy atom. The fourth-order valence-corrected chi connectivity index (χ4v) is 5.38. The molecule has 0 unspecified atom stereocenters. The van der Waals surface area contributed by atoms with Gasteiger partial charge in [-0.15, -0.1) is 23.0 Å². The lowest BCUT2D eigenvalue weighted by Gasteiger charge is -2.10. The van der Waals surface area contributed by atoms with Gasteiger partial charge < -0.3 is 0 Å². The number of allylic oxidation sites excluding steroid dienone is 1. The maximum Gasteiger partial charge on any atom is 0.263 e. The zero-order chi connectivity index (χ0) is 18.8. The molecule has 27 heavy (non-hydrogen) atoms. The first-order valence-corrected chi connectivity index (χ1v) is 11.0. The number of thioether (sulfide) groups is 1. The zero-order valence-corrected chi connectivity index (χ0v) is 17.2. The Hall–Kier alpha value is -2.00. The molecule has 4 rings (SSSR count). The molecule has 0 fully saturated rings. The second-order valence-corrected chi connectivity index (χ2v) is 8.73. The quantitative estimate of drug-likeness (QED) is 0.241. The summed E-state index contributed by atoms with van der Waals surface area (Å²) in [6.07, 6.45) is 1.70. The van der Waals surface area contributed by atoms with Gasteiger partial charge in [-0.25, -0.2) is 4.98 Å². The second kappa shape index (κ2) is 7.93. The van der Waals surface area contributed by atoms with E-state index in [2.05, 4.69) is 16.2 Å². The molecule has 0 spiro atoms. The molecule has 1 aromatic carbocycles. The van der Waals surface area contributed by atoms with E-state index >= 15 is 0 Å². The van der Waals surface area contributed by atoms with Crippen LogP contribution in [0.15, 0.2) is 58.3 Å². The highest BCUT2D eigenvalue weighted by molar-refractivity contribution is 7.98. The predicted octanol–water partition coefficient (Wildman–Crippen LogP) is 5.11. The van der Waals surface area contributed by atoms with Gasteiger partial charge in [0, 0.05) is 34.8 Å². The van der Waals surface area contributed by atoms with E-state index in [1.165, 1.54) is 23.1 Å². The third kappa shape index (κ3) is 3.58. The minimum Gasteiger partial charge on any atom is -0.283 e. The summed E-state index contributed by atoms with van der Waals surface area (Å²) in [6.45, 7) is 4.16. The third-order valence-corrected chi connectivity index (χ3v) is 6.75. The normalized spacial score (nSPS) is 11.1. The van der Waals surface area contributed by atoms with Gasteiger partial charge in [0.1, 0.15) is 14.9 Å². The van der Waals surface area contributed by atoms with Crippen LogP contribution in [0.4, 0.5) is 0 Å². The fourth-order valence-electron chi connectivity index (χ4n) is 2.65. The molecule has 0 bridgehead atoms. The van der Waals surface area contributed by atoms with Crippen molar-refractivity contribution in [1.29, 1.82) is 0 Å². The van der Waals surface area contributed by atoms with Gasteiger partial charge in [-0.05, 0) is 5.56 Å². The molecule has 9 heteroatoms. The van der Waals surface area contributed by atoms with E-state index in [0.29, 0.717) is 32.9 Å². The van der Waals surface area contributed by atoms with Crippen LogP contribution < -0.4 is 5.56 Å². The van der Waals surface area contributed by atoms with Crippen LogP contribution in [0.5, 0.6) is 0 Å². The Kier molecular flexibility index (Phi) is 5.40. The Labute approximate surface area is 172 Å². The molecule has 4 aromatic rings. The lowest BCUT2D eigenvalue weighted by Crippen LogP contribution is -2.22. The molecule has 0 saturated heterocycles. The highest BCUT2D eigenvalue weighted by Gasteiger charge is 2.17. The predicted molar refractivity (Wildman–Crippen MR) is 114 cm³/mol. The van der Waals surface area contributed by atoms with Gasteiger partial charge in [-0.1, -0.05) is 64.3 Å². The molecule has 0 saturated carbocycles. The monoisotopic (exact) mass is 432 g/mol. The van der Waals surface area contributed by atoms with Crippen molar-refractivity contribution in [3.63, 3.8) is 0 Å². The number of rotatable bonds is 6. The summed E-state index contributed by atoms with van der Waals surface area (Å²) in [7, 11) is 0. The summed E-state index contributed by atoms with van der Waals surface area (Å²) < 4.78 is 6.05. The van der Waals surface area contributed by atoms with Crippen LogP contribution in [0.3, 0.4) is 0 Å². The minimum absolute atomic E-state index is 0.0648. The zero-order valence-electron chi connectivity index (χ0n) is 14.0. The molecule has 0 aliphatic heterocycles. The Bertz CT molecular complexity index is 1170. The van der Waals surface area contributed by atoms with E-state index < -0.39 is 0 Å². The van der Waals surface area contributed by atoms with Crippen molar-refractivity contribution in [2.24, 2.45) is 0 Å². The lowest BCUT2D eigenvalue weighted by atomic mass is 10.1. The molecule has 136 valence electrons. The molecule has 3 heterocycles. The van der Waals surface area contributed by atoms with Gasteiger partial charge in [0.2, 0.25) is 0 Å². The van der Waals surface area contributed by atoms with E-state index in [9.17, 15) is 4.79 Å². The molecule has 0 atom stereocenters. The second-order valence-electron chi connectivity index (χ2n) is 5.58. The molecular formula is C18H13ClN4OS3. The number of thiophene rings is 1. The van der Waals surface area contributed by atoms with Gasteiger partial charge in [-0.2, -0.15) is 0 Å². The molecule has 0 radical (unpaired) electrons. The smallest absolute Gasteiger partial charge is 0.263 e. The first-order valence-electron chi connectivity index (χ1n) is 7.97. The molecule has 0 N–H and O–H groups in total. The molecular weight excluding hydrogens is 420 g/mol. The first-order chi connectivity index (χ1) is 13.2. The SMILES string of the molecule is C=CCn1c(SCc2nnsc2Cl)nc2scc(-c3ccccc3)c2c1=O. The number of fused-ring (bicyclic) bond motifs is 1. The van der Waals surface area contributed by atoms with Crippen LogP contribution in [-0.2, 0) is 12.3 Å². The Morgan fingerprint density at radius 2 is 2.11 bits per heavy atom. The van der Waals surface area contributed by atoms with E-state index in [1.54, 1.807) is 10.6 Å². The highest BCUT2D eigenvalue weighted by atomic mass is 35.5. The van der Waals surface area contributed by atoms with Crippen LogP contribution >= 0.6 is 46.2 Å². The Balaban J connectivity index is 1.81. The number of aromatic nitrogens is 4. The summed E-state index contributed by atoms with van der Waals surface area (Å²) in [5.41, 5.74) is 2.55. The van der Waals surface area contributed by atoms with Gasteiger partial charge in [0.15, 0.2) is 5.16 Å². The van der Waals surface area contributed by atoms with Crippen molar-refractivity contribution in [1.82, 2.24) is 19.1 Å².